The molecule has 1 fully saturated rings. The molecule has 1 aromatic heterocycles. The topological polar surface area (TPSA) is 170 Å². The Bertz CT molecular complexity index is 1300. The number of sulfone groups is 1. The molecule has 1 saturated heterocycles. The molecule has 32 heavy (non-hydrogen) atoms. The van der Waals surface area contributed by atoms with Crippen molar-refractivity contribution in [1.29, 1.82) is 0 Å². The molecule has 2 heterocycles. The van der Waals surface area contributed by atoms with Gasteiger partial charge in [0.15, 0.2) is 0 Å². The summed E-state index contributed by atoms with van der Waals surface area (Å²) in [6.07, 6.45) is 2.92. The van der Waals surface area contributed by atoms with Crippen molar-refractivity contribution in [2.45, 2.75) is 22.6 Å². The van der Waals surface area contributed by atoms with Gasteiger partial charge in [0.25, 0.3) is 5.69 Å². The number of nitrogens with two attached hydrogens (primary N) is 1. The monoisotopic (exact) mass is 459 g/mol. The molecule has 1 aliphatic heterocycles. The number of H-pyrrole nitrogens is 1. The maximum atomic E-state index is 13.4. The van der Waals surface area contributed by atoms with Crippen LogP contribution in [0.5, 0.6) is 0 Å². The average molecular weight is 459 g/mol. The third-order valence-corrected chi connectivity index (χ3v) is 7.31. The number of ether oxygens (including phenoxy) is 1. The lowest BCUT2D eigenvalue weighted by Gasteiger charge is -2.22. The number of nitrogens with one attached hydrogen (secondary N) is 2. The molecule has 0 atom stereocenters. The Kier molecular flexibility index (Phi) is 5.80. The number of nitro benzene ring substituents is 1. The van der Waals surface area contributed by atoms with E-state index < -0.39 is 26.4 Å². The number of anilines is 1. The normalized spacial score (nSPS) is 15.0. The van der Waals surface area contributed by atoms with E-state index in [0.717, 1.165) is 18.9 Å². The lowest BCUT2D eigenvalue weighted by Crippen LogP contribution is -2.23. The average Bonchev–Trinajstić information content (AvgIpc) is 3.27. The lowest BCUT2D eigenvalue weighted by molar-refractivity contribution is -0.384. The van der Waals surface area contributed by atoms with Crippen molar-refractivity contribution in [3.05, 3.63) is 52.3 Å². The number of imidazole rings is 1. The highest BCUT2D eigenvalue weighted by Crippen LogP contribution is 2.38. The van der Waals surface area contributed by atoms with Gasteiger partial charge < -0.3 is 20.8 Å². The Labute approximate surface area is 183 Å². The van der Waals surface area contributed by atoms with Gasteiger partial charge in [-0.3, -0.25) is 14.9 Å². The van der Waals surface area contributed by atoms with Crippen molar-refractivity contribution in [1.82, 2.24) is 9.97 Å². The molecular formula is C20H21N5O6S. The van der Waals surface area contributed by atoms with Crippen LogP contribution in [0.3, 0.4) is 0 Å². The van der Waals surface area contributed by atoms with Crippen LogP contribution < -0.4 is 11.1 Å². The number of fused-ring (bicyclic) bond motifs is 1. The zero-order valence-electron chi connectivity index (χ0n) is 16.9. The van der Waals surface area contributed by atoms with Gasteiger partial charge in [0.2, 0.25) is 15.7 Å². The molecule has 0 aliphatic carbocycles. The number of carbonyl (C=O) groups excluding carboxylic acids is 1. The minimum atomic E-state index is -4.35. The zero-order valence-corrected chi connectivity index (χ0v) is 17.7. The number of aromatic amines is 1. The van der Waals surface area contributed by atoms with Crippen LogP contribution >= 0.6 is 0 Å². The van der Waals surface area contributed by atoms with Gasteiger partial charge in [-0.25, -0.2) is 13.4 Å². The first-order chi connectivity index (χ1) is 15.3. The van der Waals surface area contributed by atoms with Crippen LogP contribution in [0.15, 0.2) is 46.5 Å². The predicted molar refractivity (Wildman–Crippen MR) is 115 cm³/mol. The van der Waals surface area contributed by atoms with Crippen molar-refractivity contribution < 1.29 is 22.9 Å². The molecule has 1 amide bonds. The fraction of sp³-hybridized carbons (Fsp3) is 0.300. The van der Waals surface area contributed by atoms with Gasteiger partial charge in [0, 0.05) is 25.8 Å². The Hall–Kier alpha value is -3.51. The summed E-state index contributed by atoms with van der Waals surface area (Å²) in [5.41, 5.74) is 5.11. The first kappa shape index (κ1) is 21.7. The van der Waals surface area contributed by atoms with Crippen molar-refractivity contribution in [3.8, 4) is 0 Å². The molecule has 0 radical (unpaired) electrons. The summed E-state index contributed by atoms with van der Waals surface area (Å²) in [4.78, 5) is 29.2. The number of nitrogens with zero attached hydrogens (tertiary/aromatic N) is 2. The Morgan fingerprint density at radius 2 is 2.00 bits per heavy atom. The lowest BCUT2D eigenvalue weighted by atomic mass is 10.0. The maximum absolute atomic E-state index is 13.4. The summed E-state index contributed by atoms with van der Waals surface area (Å²) < 4.78 is 32.2. The minimum absolute atomic E-state index is 0.0318. The van der Waals surface area contributed by atoms with Gasteiger partial charge in [0.05, 0.1) is 27.2 Å². The number of carbonyl (C=O) groups is 1. The van der Waals surface area contributed by atoms with E-state index in [9.17, 15) is 23.3 Å². The van der Waals surface area contributed by atoms with Gasteiger partial charge in [-0.1, -0.05) is 12.1 Å². The van der Waals surface area contributed by atoms with Gasteiger partial charge in [0.1, 0.15) is 16.1 Å². The van der Waals surface area contributed by atoms with Crippen molar-refractivity contribution in [2.75, 3.05) is 25.1 Å². The maximum Gasteiger partial charge on any atom is 0.295 e. The van der Waals surface area contributed by atoms with E-state index in [0.29, 0.717) is 19.8 Å². The Balaban J connectivity index is 1.85. The Morgan fingerprint density at radius 1 is 1.28 bits per heavy atom. The summed E-state index contributed by atoms with van der Waals surface area (Å²) in [7, 11) is -4.35. The first-order valence-electron chi connectivity index (χ1n) is 9.90. The molecule has 0 bridgehead atoms. The summed E-state index contributed by atoms with van der Waals surface area (Å²) in [5, 5.41) is 15.0. The summed E-state index contributed by atoms with van der Waals surface area (Å²) in [5.74, 6) is -0.654. The van der Waals surface area contributed by atoms with Crippen LogP contribution in [0, 0.1) is 16.0 Å². The largest absolute Gasteiger partial charge is 0.381 e. The molecule has 168 valence electrons. The van der Waals surface area contributed by atoms with E-state index in [-0.39, 0.29) is 38.0 Å². The number of primary amides is 1. The second-order valence-corrected chi connectivity index (χ2v) is 9.34. The molecule has 12 heteroatoms. The van der Waals surface area contributed by atoms with Crippen molar-refractivity contribution >= 4 is 38.2 Å². The number of aromatic nitrogens is 2. The van der Waals surface area contributed by atoms with E-state index in [1.807, 2.05) is 0 Å². The highest BCUT2D eigenvalue weighted by Gasteiger charge is 2.31. The second kappa shape index (κ2) is 8.55. The first-order valence-corrected chi connectivity index (χ1v) is 11.4. The predicted octanol–water partition coefficient (Wildman–Crippen LogP) is 2.24. The van der Waals surface area contributed by atoms with Crippen LogP contribution in [-0.2, 0) is 14.6 Å². The van der Waals surface area contributed by atoms with Gasteiger partial charge >= 0.3 is 0 Å². The smallest absolute Gasteiger partial charge is 0.295 e. The highest BCUT2D eigenvalue weighted by molar-refractivity contribution is 7.91. The molecule has 0 unspecified atom stereocenters. The van der Waals surface area contributed by atoms with Gasteiger partial charge in [-0.2, -0.15) is 0 Å². The minimum Gasteiger partial charge on any atom is -0.381 e. The third kappa shape index (κ3) is 3.89. The molecule has 4 N–H and O–H groups in total. The number of rotatable bonds is 7. The van der Waals surface area contributed by atoms with Crippen molar-refractivity contribution in [2.24, 2.45) is 11.7 Å². The summed E-state index contributed by atoms with van der Waals surface area (Å²) in [6, 6.07) is 6.42. The highest BCUT2D eigenvalue weighted by atomic mass is 32.2. The summed E-state index contributed by atoms with van der Waals surface area (Å²) in [6.45, 7) is 1.73. The molecule has 1 aliphatic rings. The molecule has 4 rings (SSSR count). The van der Waals surface area contributed by atoms with E-state index >= 15 is 0 Å². The molecular weight excluding hydrogens is 438 g/mol. The van der Waals surface area contributed by atoms with Gasteiger partial charge in [-0.15, -0.1) is 0 Å². The number of benzene rings is 2. The Morgan fingerprint density at radius 3 is 2.69 bits per heavy atom. The molecule has 3 aromatic rings. The van der Waals surface area contributed by atoms with Crippen LogP contribution in [0.2, 0.25) is 0 Å². The second-order valence-electron chi connectivity index (χ2n) is 7.45. The number of amides is 1. The fourth-order valence-electron chi connectivity index (χ4n) is 3.81. The molecule has 11 nitrogen and oxygen atoms in total. The number of hydrogen-bond acceptors (Lipinski definition) is 8. The van der Waals surface area contributed by atoms with E-state index in [1.165, 1.54) is 30.6 Å². The standard InChI is InChI=1S/C20H21N5O6S/c21-20(26)13-3-1-2-4-15(13)32(29,30)16-9-14(25(27)28)17(19-18(16)23-11-24-19)22-10-12-5-7-31-8-6-12/h1-4,9,11-12,22H,5-8,10H2,(H2,21,26)(H,23,24). The zero-order chi connectivity index (χ0) is 22.9. The third-order valence-electron chi connectivity index (χ3n) is 5.48. The molecule has 0 saturated carbocycles. The number of hydrogen-bond donors (Lipinski definition) is 3. The molecule has 0 spiro atoms. The van der Waals surface area contributed by atoms with Crippen LogP contribution in [0.25, 0.3) is 11.0 Å². The van der Waals surface area contributed by atoms with Crippen LogP contribution in [-0.4, -0.2) is 49.0 Å². The van der Waals surface area contributed by atoms with E-state index in [4.69, 9.17) is 10.5 Å². The quantitative estimate of drug-likeness (QED) is 0.357. The SMILES string of the molecule is NC(=O)c1ccccc1S(=O)(=O)c1cc([N+](=O)[O-])c(NCC2CCOCC2)c2[nH]cnc12. The fourth-order valence-corrected chi connectivity index (χ4v) is 5.44. The van der Waals surface area contributed by atoms with E-state index in [1.54, 1.807) is 0 Å². The number of nitro groups is 1. The molecule has 2 aromatic carbocycles. The van der Waals surface area contributed by atoms with E-state index in [2.05, 4.69) is 15.3 Å². The van der Waals surface area contributed by atoms with Crippen LogP contribution in [0.1, 0.15) is 23.2 Å². The van der Waals surface area contributed by atoms with Gasteiger partial charge in [-0.05, 0) is 30.9 Å². The van der Waals surface area contributed by atoms with Crippen molar-refractivity contribution in [3.63, 3.8) is 0 Å². The summed E-state index contributed by atoms with van der Waals surface area (Å²) >= 11 is 0. The van der Waals surface area contributed by atoms with Crippen LogP contribution in [0.4, 0.5) is 11.4 Å².